The molecule has 0 aliphatic heterocycles. The highest BCUT2D eigenvalue weighted by Crippen LogP contribution is 2.22. The third-order valence-electron chi connectivity index (χ3n) is 3.53. The van der Waals surface area contributed by atoms with E-state index in [1.807, 2.05) is 6.92 Å². The summed E-state index contributed by atoms with van der Waals surface area (Å²) < 4.78 is 37.6. The van der Waals surface area contributed by atoms with Gasteiger partial charge in [0.1, 0.15) is 5.75 Å². The summed E-state index contributed by atoms with van der Waals surface area (Å²) in [5.74, 6) is 1.13. The van der Waals surface area contributed by atoms with E-state index in [0.717, 1.165) is 5.56 Å². The van der Waals surface area contributed by atoms with E-state index in [4.69, 9.17) is 9.15 Å². The van der Waals surface area contributed by atoms with Gasteiger partial charge in [-0.15, -0.1) is 10.2 Å². The highest BCUT2D eigenvalue weighted by Gasteiger charge is 2.16. The monoisotopic (exact) mass is 359 g/mol. The molecule has 0 fully saturated rings. The van der Waals surface area contributed by atoms with Gasteiger partial charge in [0.2, 0.25) is 21.8 Å². The zero-order valence-electron chi connectivity index (χ0n) is 13.8. The van der Waals surface area contributed by atoms with Crippen molar-refractivity contribution < 1.29 is 17.6 Å². The molecule has 1 N–H and O–H groups in total. The summed E-state index contributed by atoms with van der Waals surface area (Å²) in [7, 11) is -2.07. The smallest absolute Gasteiger partial charge is 0.247 e. The molecule has 2 aromatic carbocycles. The zero-order chi connectivity index (χ0) is 17.9. The van der Waals surface area contributed by atoms with Crippen LogP contribution in [-0.4, -0.2) is 25.7 Å². The van der Waals surface area contributed by atoms with Gasteiger partial charge >= 0.3 is 0 Å². The predicted molar refractivity (Wildman–Crippen MR) is 91.5 cm³/mol. The minimum absolute atomic E-state index is 0.0901. The molecule has 0 aliphatic rings. The van der Waals surface area contributed by atoms with Gasteiger partial charge in [-0.05, 0) is 37.3 Å². The normalized spacial score (nSPS) is 11.4. The second-order valence-corrected chi connectivity index (χ2v) is 7.14. The first-order valence-electron chi connectivity index (χ1n) is 7.51. The van der Waals surface area contributed by atoms with Gasteiger partial charge in [0.05, 0.1) is 18.6 Å². The highest BCUT2D eigenvalue weighted by atomic mass is 32.2. The molecule has 1 heterocycles. The third kappa shape index (κ3) is 4.04. The van der Waals surface area contributed by atoms with E-state index in [9.17, 15) is 8.42 Å². The van der Waals surface area contributed by atoms with Gasteiger partial charge in [0.15, 0.2) is 0 Å². The van der Waals surface area contributed by atoms with Crippen molar-refractivity contribution in [3.63, 3.8) is 0 Å². The van der Waals surface area contributed by atoms with Gasteiger partial charge in [0.25, 0.3) is 0 Å². The summed E-state index contributed by atoms with van der Waals surface area (Å²) in [5.41, 5.74) is 1.68. The van der Waals surface area contributed by atoms with Gasteiger partial charge < -0.3 is 9.15 Å². The van der Waals surface area contributed by atoms with Crippen molar-refractivity contribution >= 4 is 10.0 Å². The van der Waals surface area contributed by atoms with Crippen molar-refractivity contribution in [2.45, 2.75) is 18.4 Å². The third-order valence-corrected chi connectivity index (χ3v) is 4.95. The van der Waals surface area contributed by atoms with Crippen molar-refractivity contribution in [1.82, 2.24) is 14.9 Å². The molecule has 3 rings (SSSR count). The first-order chi connectivity index (χ1) is 12.0. The minimum atomic E-state index is -3.64. The van der Waals surface area contributed by atoms with Crippen LogP contribution in [-0.2, 0) is 16.6 Å². The summed E-state index contributed by atoms with van der Waals surface area (Å²) in [6, 6.07) is 13.7. The largest absolute Gasteiger partial charge is 0.497 e. The van der Waals surface area contributed by atoms with Crippen LogP contribution in [0, 0.1) is 6.92 Å². The summed E-state index contributed by atoms with van der Waals surface area (Å²) in [6.07, 6.45) is 0. The molecule has 7 nitrogen and oxygen atoms in total. The molecule has 130 valence electrons. The Balaban J connectivity index is 1.72. The molecule has 0 spiro atoms. The van der Waals surface area contributed by atoms with Crippen LogP contribution in [0.15, 0.2) is 57.8 Å². The average molecular weight is 359 g/mol. The number of nitrogens with one attached hydrogen (secondary N) is 1. The number of hydrogen-bond acceptors (Lipinski definition) is 6. The van der Waals surface area contributed by atoms with E-state index in [-0.39, 0.29) is 17.3 Å². The first kappa shape index (κ1) is 17.1. The summed E-state index contributed by atoms with van der Waals surface area (Å²) in [5, 5.41) is 7.81. The second kappa shape index (κ2) is 7.04. The lowest BCUT2D eigenvalue weighted by Crippen LogP contribution is -2.23. The van der Waals surface area contributed by atoms with Gasteiger partial charge in [-0.25, -0.2) is 13.1 Å². The standard InChI is InChI=1S/C17H17N3O4S/c1-12-6-8-15(9-7-12)25(21,22)18-11-16-19-20-17(24-16)13-4-3-5-14(10-13)23-2/h3-10,18H,11H2,1-2H3. The number of nitrogens with zero attached hydrogens (tertiary/aromatic N) is 2. The molecule has 0 amide bonds. The molecule has 0 unspecified atom stereocenters. The molecule has 0 bridgehead atoms. The summed E-state index contributed by atoms with van der Waals surface area (Å²) in [6.45, 7) is 1.80. The molecule has 0 saturated heterocycles. The maximum absolute atomic E-state index is 12.3. The Kier molecular flexibility index (Phi) is 4.82. The van der Waals surface area contributed by atoms with Crippen molar-refractivity contribution in [2.24, 2.45) is 0 Å². The highest BCUT2D eigenvalue weighted by molar-refractivity contribution is 7.89. The lowest BCUT2D eigenvalue weighted by molar-refractivity contribution is 0.414. The molecule has 0 saturated carbocycles. The van der Waals surface area contributed by atoms with E-state index < -0.39 is 10.0 Å². The van der Waals surface area contributed by atoms with E-state index in [2.05, 4.69) is 14.9 Å². The van der Waals surface area contributed by atoms with E-state index in [1.165, 1.54) is 0 Å². The number of aryl methyl sites for hydroxylation is 1. The quantitative estimate of drug-likeness (QED) is 0.727. The Morgan fingerprint density at radius 2 is 1.88 bits per heavy atom. The Labute approximate surface area is 145 Å². The predicted octanol–water partition coefficient (Wildman–Crippen LogP) is 2.53. The van der Waals surface area contributed by atoms with Gasteiger partial charge in [-0.1, -0.05) is 23.8 Å². The molecule has 8 heteroatoms. The summed E-state index contributed by atoms with van der Waals surface area (Å²) in [4.78, 5) is 0.186. The topological polar surface area (TPSA) is 94.3 Å². The van der Waals surface area contributed by atoms with Crippen LogP contribution in [0.25, 0.3) is 11.5 Å². The van der Waals surface area contributed by atoms with Crippen molar-refractivity contribution in [1.29, 1.82) is 0 Å². The Morgan fingerprint density at radius 3 is 2.60 bits per heavy atom. The molecule has 0 aliphatic carbocycles. The molecular formula is C17H17N3O4S. The average Bonchev–Trinajstić information content (AvgIpc) is 3.10. The van der Waals surface area contributed by atoms with Crippen molar-refractivity contribution in [2.75, 3.05) is 7.11 Å². The van der Waals surface area contributed by atoms with E-state index in [1.54, 1.807) is 55.6 Å². The number of methoxy groups -OCH3 is 1. The van der Waals surface area contributed by atoms with Crippen LogP contribution in [0.3, 0.4) is 0 Å². The zero-order valence-corrected chi connectivity index (χ0v) is 14.6. The number of ether oxygens (including phenoxy) is 1. The number of aromatic nitrogens is 2. The maximum Gasteiger partial charge on any atom is 0.247 e. The Bertz CT molecular complexity index is 966. The number of hydrogen-bond donors (Lipinski definition) is 1. The van der Waals surface area contributed by atoms with Gasteiger partial charge in [0, 0.05) is 5.56 Å². The van der Waals surface area contributed by atoms with E-state index >= 15 is 0 Å². The fourth-order valence-corrected chi connectivity index (χ4v) is 3.13. The number of rotatable bonds is 6. The fraction of sp³-hybridized carbons (Fsp3) is 0.176. The van der Waals surface area contributed by atoms with Crippen LogP contribution >= 0.6 is 0 Å². The molecular weight excluding hydrogens is 342 g/mol. The molecule has 0 radical (unpaired) electrons. The SMILES string of the molecule is COc1cccc(-c2nnc(CNS(=O)(=O)c3ccc(C)cc3)o2)c1. The lowest BCUT2D eigenvalue weighted by Gasteiger charge is -2.04. The molecule has 25 heavy (non-hydrogen) atoms. The van der Waals surface area contributed by atoms with Crippen molar-refractivity contribution in [3.05, 3.63) is 60.0 Å². The lowest BCUT2D eigenvalue weighted by atomic mass is 10.2. The minimum Gasteiger partial charge on any atom is -0.497 e. The van der Waals surface area contributed by atoms with Gasteiger partial charge in [-0.3, -0.25) is 0 Å². The Morgan fingerprint density at radius 1 is 1.12 bits per heavy atom. The number of benzene rings is 2. The van der Waals surface area contributed by atoms with Crippen LogP contribution in [0.2, 0.25) is 0 Å². The molecule has 1 aromatic heterocycles. The van der Waals surface area contributed by atoms with Crippen LogP contribution in [0.1, 0.15) is 11.5 Å². The maximum atomic E-state index is 12.3. The Hall–Kier alpha value is -2.71. The summed E-state index contributed by atoms with van der Waals surface area (Å²) >= 11 is 0. The number of sulfonamides is 1. The van der Waals surface area contributed by atoms with Crippen molar-refractivity contribution in [3.8, 4) is 17.2 Å². The van der Waals surface area contributed by atoms with Crippen LogP contribution < -0.4 is 9.46 Å². The molecule has 0 atom stereocenters. The van der Waals surface area contributed by atoms with E-state index in [0.29, 0.717) is 17.2 Å². The first-order valence-corrected chi connectivity index (χ1v) is 8.99. The van der Waals surface area contributed by atoms with Gasteiger partial charge in [-0.2, -0.15) is 0 Å². The fourth-order valence-electron chi connectivity index (χ4n) is 2.16. The molecule has 3 aromatic rings. The van der Waals surface area contributed by atoms with Crippen LogP contribution in [0.5, 0.6) is 5.75 Å². The second-order valence-electron chi connectivity index (χ2n) is 5.37. The van der Waals surface area contributed by atoms with Crippen LogP contribution in [0.4, 0.5) is 0 Å².